The van der Waals surface area contributed by atoms with Crippen LogP contribution in [-0.2, 0) is 11.3 Å². The summed E-state index contributed by atoms with van der Waals surface area (Å²) < 4.78 is 15.0. The number of hydrogen-bond donors (Lipinski definition) is 2. The summed E-state index contributed by atoms with van der Waals surface area (Å²) in [6, 6.07) is 7.48. The van der Waals surface area contributed by atoms with Crippen LogP contribution in [0.5, 0.6) is 5.75 Å². The highest BCUT2D eigenvalue weighted by molar-refractivity contribution is 7.05. The van der Waals surface area contributed by atoms with Crippen molar-refractivity contribution in [3.63, 3.8) is 0 Å². The largest absolute Gasteiger partial charge is 0.487 e. The lowest BCUT2D eigenvalue weighted by Crippen LogP contribution is -2.22. The third kappa shape index (κ3) is 3.63. The van der Waals surface area contributed by atoms with Crippen molar-refractivity contribution in [3.05, 3.63) is 40.6 Å². The van der Waals surface area contributed by atoms with Gasteiger partial charge in [0, 0.05) is 16.5 Å². The third-order valence-electron chi connectivity index (χ3n) is 3.76. The molecule has 0 radical (unpaired) electrons. The molecule has 1 amide bonds. The van der Waals surface area contributed by atoms with Gasteiger partial charge in [0.05, 0.1) is 13.1 Å². The molecule has 2 aromatic heterocycles. The fraction of sp³-hybridized carbons (Fsp3) is 0.250. The molecule has 8 nitrogen and oxygen atoms in total. The normalized spacial score (nSPS) is 16.3. The topological polar surface area (TPSA) is 98.3 Å². The first kappa shape index (κ1) is 16.8. The number of amides is 1. The third-order valence-corrected chi connectivity index (χ3v) is 4.67. The van der Waals surface area contributed by atoms with E-state index in [4.69, 9.17) is 21.1 Å². The Morgan fingerprint density at radius 2 is 2.31 bits per heavy atom. The standard InChI is InChI=1S/C16H14ClN5O3S/c17-15-21-13-11(14(22-15)18-7-10-4-5-20-26-10)2-1-3-12(13)24-8-9-6-19-16(23)25-9/h1-5,9H,6-8H2,(H,19,23)(H,18,21,22). The van der Waals surface area contributed by atoms with Crippen LogP contribution in [0.25, 0.3) is 10.9 Å². The van der Waals surface area contributed by atoms with E-state index in [9.17, 15) is 4.79 Å². The Labute approximate surface area is 157 Å². The number of benzene rings is 1. The lowest BCUT2D eigenvalue weighted by Gasteiger charge is -2.13. The van der Waals surface area contributed by atoms with Crippen LogP contribution in [-0.4, -0.2) is 39.7 Å². The summed E-state index contributed by atoms with van der Waals surface area (Å²) in [5.41, 5.74) is 0.594. The maximum Gasteiger partial charge on any atom is 0.407 e. The molecule has 1 aliphatic heterocycles. The molecule has 1 aromatic carbocycles. The molecule has 4 rings (SSSR count). The molecule has 3 heterocycles. The maximum atomic E-state index is 11.1. The fourth-order valence-electron chi connectivity index (χ4n) is 2.56. The Kier molecular flexibility index (Phi) is 4.72. The van der Waals surface area contributed by atoms with Crippen molar-refractivity contribution < 1.29 is 14.3 Å². The Bertz CT molecular complexity index is 937. The van der Waals surface area contributed by atoms with Gasteiger partial charge < -0.3 is 20.1 Å². The van der Waals surface area contributed by atoms with Gasteiger partial charge in [-0.25, -0.2) is 19.1 Å². The second-order valence-corrected chi connectivity index (χ2v) is 6.80. The number of nitrogens with zero attached hydrogens (tertiary/aromatic N) is 3. The summed E-state index contributed by atoms with van der Waals surface area (Å²) in [7, 11) is 0. The molecule has 1 fully saturated rings. The van der Waals surface area contributed by atoms with Crippen LogP contribution in [0, 0.1) is 0 Å². The SMILES string of the molecule is O=C1NCC(COc2cccc3c(NCc4ccns4)nc(Cl)nc23)O1. The molecule has 1 saturated heterocycles. The second-order valence-electron chi connectivity index (χ2n) is 5.55. The molecule has 10 heteroatoms. The van der Waals surface area contributed by atoms with Gasteiger partial charge in [0.2, 0.25) is 5.28 Å². The Balaban J connectivity index is 1.57. The Hall–Kier alpha value is -2.65. The van der Waals surface area contributed by atoms with Gasteiger partial charge >= 0.3 is 6.09 Å². The van der Waals surface area contributed by atoms with Crippen LogP contribution < -0.4 is 15.4 Å². The number of halogens is 1. The van der Waals surface area contributed by atoms with E-state index in [1.807, 2.05) is 18.2 Å². The highest BCUT2D eigenvalue weighted by Gasteiger charge is 2.23. The lowest BCUT2D eigenvalue weighted by atomic mass is 10.2. The number of cyclic esters (lactones) is 1. The van der Waals surface area contributed by atoms with Crippen LogP contribution in [0.1, 0.15) is 4.88 Å². The average Bonchev–Trinajstić information content (AvgIpc) is 3.29. The number of carbonyl (C=O) groups excluding carboxylic acids is 1. The number of alkyl carbamates (subject to hydrolysis) is 1. The minimum absolute atomic E-state index is 0.120. The van der Waals surface area contributed by atoms with Crippen molar-refractivity contribution >= 4 is 45.9 Å². The molecule has 0 bridgehead atoms. The summed E-state index contributed by atoms with van der Waals surface area (Å²) >= 11 is 7.51. The summed E-state index contributed by atoms with van der Waals surface area (Å²) in [6.07, 6.45) is 0.985. The number of ether oxygens (including phenoxy) is 2. The number of nitrogens with one attached hydrogen (secondary N) is 2. The van der Waals surface area contributed by atoms with Crippen molar-refractivity contribution in [3.8, 4) is 5.75 Å². The maximum absolute atomic E-state index is 11.1. The van der Waals surface area contributed by atoms with Gasteiger partial charge in [0.25, 0.3) is 0 Å². The van der Waals surface area contributed by atoms with E-state index in [0.29, 0.717) is 30.2 Å². The van der Waals surface area contributed by atoms with Gasteiger partial charge in [-0.05, 0) is 41.3 Å². The zero-order valence-corrected chi connectivity index (χ0v) is 15.0. The summed E-state index contributed by atoms with van der Waals surface area (Å²) in [5.74, 6) is 1.17. The van der Waals surface area contributed by atoms with Gasteiger partial charge in [-0.3, -0.25) is 0 Å². The highest BCUT2D eigenvalue weighted by atomic mass is 35.5. The summed E-state index contributed by atoms with van der Waals surface area (Å²) in [4.78, 5) is 20.8. The van der Waals surface area contributed by atoms with E-state index in [0.717, 1.165) is 10.3 Å². The second kappa shape index (κ2) is 7.30. The van der Waals surface area contributed by atoms with E-state index < -0.39 is 6.09 Å². The number of carbonyl (C=O) groups is 1. The van der Waals surface area contributed by atoms with Crippen molar-refractivity contribution in [2.24, 2.45) is 0 Å². The van der Waals surface area contributed by atoms with E-state index >= 15 is 0 Å². The first-order valence-electron chi connectivity index (χ1n) is 7.86. The smallest absolute Gasteiger partial charge is 0.407 e. The molecule has 1 unspecified atom stereocenters. The van der Waals surface area contributed by atoms with Crippen LogP contribution in [0.2, 0.25) is 5.28 Å². The monoisotopic (exact) mass is 391 g/mol. The minimum Gasteiger partial charge on any atom is -0.487 e. The van der Waals surface area contributed by atoms with Crippen LogP contribution in [0.4, 0.5) is 10.6 Å². The molecule has 0 spiro atoms. The average molecular weight is 392 g/mol. The van der Waals surface area contributed by atoms with Crippen molar-refractivity contribution in [1.82, 2.24) is 19.7 Å². The zero-order chi connectivity index (χ0) is 17.9. The van der Waals surface area contributed by atoms with Crippen molar-refractivity contribution in [2.45, 2.75) is 12.6 Å². The van der Waals surface area contributed by atoms with Crippen LogP contribution in [0.15, 0.2) is 30.5 Å². The number of rotatable bonds is 6. The Morgan fingerprint density at radius 1 is 1.38 bits per heavy atom. The molecule has 0 aliphatic carbocycles. The van der Waals surface area contributed by atoms with Gasteiger partial charge in [-0.15, -0.1) is 0 Å². The number of fused-ring (bicyclic) bond motifs is 1. The van der Waals surface area contributed by atoms with Crippen molar-refractivity contribution in [1.29, 1.82) is 0 Å². The first-order chi connectivity index (χ1) is 12.7. The van der Waals surface area contributed by atoms with Crippen LogP contribution in [0.3, 0.4) is 0 Å². The van der Waals surface area contributed by atoms with E-state index in [2.05, 4.69) is 25.0 Å². The zero-order valence-electron chi connectivity index (χ0n) is 13.4. The summed E-state index contributed by atoms with van der Waals surface area (Å²) in [5, 5.41) is 6.76. The molecule has 26 heavy (non-hydrogen) atoms. The number of hydrogen-bond acceptors (Lipinski definition) is 8. The van der Waals surface area contributed by atoms with E-state index in [1.165, 1.54) is 11.5 Å². The first-order valence-corrected chi connectivity index (χ1v) is 9.01. The minimum atomic E-state index is -0.434. The molecular formula is C16H14ClN5O3S. The highest BCUT2D eigenvalue weighted by Crippen LogP contribution is 2.30. The van der Waals surface area contributed by atoms with Gasteiger partial charge in [-0.2, -0.15) is 0 Å². The molecule has 0 saturated carbocycles. The summed E-state index contributed by atoms with van der Waals surface area (Å²) in [6.45, 7) is 1.23. The predicted octanol–water partition coefficient (Wildman–Crippen LogP) is 2.84. The van der Waals surface area contributed by atoms with Crippen LogP contribution >= 0.6 is 23.1 Å². The quantitative estimate of drug-likeness (QED) is 0.623. The molecule has 1 aliphatic rings. The predicted molar refractivity (Wildman–Crippen MR) is 97.8 cm³/mol. The van der Waals surface area contributed by atoms with Gasteiger partial charge in [0.1, 0.15) is 23.7 Å². The van der Waals surface area contributed by atoms with E-state index in [1.54, 1.807) is 12.3 Å². The van der Waals surface area contributed by atoms with Gasteiger partial charge in [0.15, 0.2) is 6.10 Å². The van der Waals surface area contributed by atoms with E-state index in [-0.39, 0.29) is 18.0 Å². The molecule has 1 atom stereocenters. The number of aromatic nitrogens is 3. The molecule has 134 valence electrons. The van der Waals surface area contributed by atoms with Gasteiger partial charge in [-0.1, -0.05) is 6.07 Å². The molecule has 3 aromatic rings. The molecule has 2 N–H and O–H groups in total. The molecular weight excluding hydrogens is 378 g/mol. The Morgan fingerprint density at radius 3 is 3.08 bits per heavy atom. The number of anilines is 1. The number of para-hydroxylation sites is 1. The lowest BCUT2D eigenvalue weighted by molar-refractivity contribution is 0.105. The van der Waals surface area contributed by atoms with Crippen molar-refractivity contribution in [2.75, 3.05) is 18.5 Å². The fourth-order valence-corrected chi connectivity index (χ4v) is 3.25.